The summed E-state index contributed by atoms with van der Waals surface area (Å²) < 4.78 is 13.9. The van der Waals surface area contributed by atoms with Crippen molar-refractivity contribution in [3.05, 3.63) is 76.3 Å². The molecule has 31 heavy (non-hydrogen) atoms. The van der Waals surface area contributed by atoms with Gasteiger partial charge in [-0.25, -0.2) is 5.01 Å². The molecule has 3 aromatic rings. The minimum atomic E-state index is -0.487. The topological polar surface area (TPSA) is 34.1 Å². The van der Waals surface area contributed by atoms with Crippen LogP contribution >= 0.6 is 15.9 Å². The number of benzene rings is 3. The Hall–Kier alpha value is -2.37. The van der Waals surface area contributed by atoms with Gasteiger partial charge in [-0.2, -0.15) is 5.10 Å². The van der Waals surface area contributed by atoms with Gasteiger partial charge < -0.3 is 9.47 Å². The minimum Gasteiger partial charge on any atom is -0.466 e. The molecule has 0 aliphatic carbocycles. The number of hydrogen-bond donors (Lipinski definition) is 0. The lowest BCUT2D eigenvalue weighted by atomic mass is 9.86. The van der Waals surface area contributed by atoms with Crippen LogP contribution in [0.3, 0.4) is 0 Å². The van der Waals surface area contributed by atoms with E-state index in [1.807, 2.05) is 0 Å². The largest absolute Gasteiger partial charge is 0.466 e. The monoisotopic (exact) mass is 476 g/mol. The summed E-state index contributed by atoms with van der Waals surface area (Å²) in [6.45, 7) is 4.96. The highest BCUT2D eigenvalue weighted by molar-refractivity contribution is 9.10. The number of hydrogen-bond acceptors (Lipinski definition) is 4. The number of hydrazone groups is 1. The standard InChI is InChI=1S/C26H25BrN2O2/c1-25(2)16-26(12-13-30-25)29-23(21-14-18(27)10-11-24(21)31-26)15-22(28-29)20-9-5-7-17-6-3-4-8-19(17)20/h3-11,14,23H,12-13,15-16H2,1-2H3/t23-,26-/m1/s1. The van der Waals surface area contributed by atoms with Crippen LogP contribution in [0, 0.1) is 0 Å². The highest BCUT2D eigenvalue weighted by atomic mass is 79.9. The molecule has 3 aromatic carbocycles. The maximum Gasteiger partial charge on any atom is 0.203 e. The van der Waals surface area contributed by atoms with Crippen molar-refractivity contribution in [2.24, 2.45) is 5.10 Å². The third-order valence-electron chi connectivity index (χ3n) is 6.75. The minimum absolute atomic E-state index is 0.157. The third-order valence-corrected chi connectivity index (χ3v) is 7.24. The fourth-order valence-corrected chi connectivity index (χ4v) is 5.84. The van der Waals surface area contributed by atoms with Crippen LogP contribution in [0.5, 0.6) is 5.75 Å². The second-order valence-corrected chi connectivity index (χ2v) is 10.3. The van der Waals surface area contributed by atoms with Gasteiger partial charge in [0, 0.05) is 34.9 Å². The van der Waals surface area contributed by atoms with Crippen LogP contribution in [0.4, 0.5) is 0 Å². The van der Waals surface area contributed by atoms with Crippen LogP contribution in [-0.2, 0) is 4.74 Å². The average molecular weight is 477 g/mol. The molecule has 3 heterocycles. The van der Waals surface area contributed by atoms with Crippen molar-refractivity contribution in [1.29, 1.82) is 0 Å². The summed E-state index contributed by atoms with van der Waals surface area (Å²) in [5.41, 5.74) is 2.79. The van der Waals surface area contributed by atoms with Gasteiger partial charge in [0.1, 0.15) is 5.75 Å². The van der Waals surface area contributed by atoms with Crippen molar-refractivity contribution in [2.45, 2.75) is 50.5 Å². The normalized spacial score (nSPS) is 26.4. The second kappa shape index (κ2) is 6.81. The molecule has 0 radical (unpaired) electrons. The van der Waals surface area contributed by atoms with Gasteiger partial charge >= 0.3 is 0 Å². The van der Waals surface area contributed by atoms with Crippen LogP contribution in [0.2, 0.25) is 0 Å². The molecule has 0 unspecified atom stereocenters. The number of fused-ring (bicyclic) bond motifs is 5. The summed E-state index contributed by atoms with van der Waals surface area (Å²) in [6.07, 6.45) is 2.44. The Kier molecular flexibility index (Phi) is 4.25. The van der Waals surface area contributed by atoms with E-state index in [2.05, 4.69) is 95.5 Å². The first-order valence-electron chi connectivity index (χ1n) is 10.9. The zero-order valence-electron chi connectivity index (χ0n) is 17.8. The molecule has 0 N–H and O–H groups in total. The van der Waals surface area contributed by atoms with Crippen LogP contribution in [0.25, 0.3) is 10.8 Å². The zero-order valence-corrected chi connectivity index (χ0v) is 19.4. The number of halogens is 1. The average Bonchev–Trinajstić information content (AvgIpc) is 3.20. The molecular weight excluding hydrogens is 452 g/mol. The summed E-state index contributed by atoms with van der Waals surface area (Å²) in [4.78, 5) is 0. The SMILES string of the molecule is CC1(C)C[C@@]2(CCO1)Oc1ccc(Br)cc1[C@H]1CC(c3cccc4ccccc34)=NN12. The molecule has 2 atom stereocenters. The van der Waals surface area contributed by atoms with Crippen LogP contribution < -0.4 is 4.74 Å². The van der Waals surface area contributed by atoms with E-state index < -0.39 is 5.72 Å². The molecule has 0 amide bonds. The molecule has 1 saturated heterocycles. The van der Waals surface area contributed by atoms with Gasteiger partial charge in [-0.05, 0) is 42.8 Å². The molecule has 4 nitrogen and oxygen atoms in total. The Labute approximate surface area is 191 Å². The first-order valence-corrected chi connectivity index (χ1v) is 11.7. The lowest BCUT2D eigenvalue weighted by Gasteiger charge is -2.52. The van der Waals surface area contributed by atoms with Crippen LogP contribution in [-0.4, -0.2) is 28.7 Å². The third kappa shape index (κ3) is 3.09. The summed E-state index contributed by atoms with van der Waals surface area (Å²) in [5.74, 6) is 0.969. The van der Waals surface area contributed by atoms with Gasteiger partial charge in [0.2, 0.25) is 5.72 Å². The lowest BCUT2D eigenvalue weighted by Crippen LogP contribution is -2.60. The second-order valence-electron chi connectivity index (χ2n) is 9.40. The van der Waals surface area contributed by atoms with E-state index in [1.54, 1.807) is 0 Å². The summed E-state index contributed by atoms with van der Waals surface area (Å²) in [7, 11) is 0. The highest BCUT2D eigenvalue weighted by Crippen LogP contribution is 2.52. The van der Waals surface area contributed by atoms with Crippen molar-refractivity contribution in [2.75, 3.05) is 6.61 Å². The van der Waals surface area contributed by atoms with Gasteiger partial charge in [-0.15, -0.1) is 0 Å². The van der Waals surface area contributed by atoms with E-state index in [1.165, 1.54) is 21.9 Å². The fourth-order valence-electron chi connectivity index (χ4n) is 5.47. The zero-order chi connectivity index (χ0) is 21.2. The highest BCUT2D eigenvalue weighted by Gasteiger charge is 2.54. The molecule has 3 aliphatic rings. The lowest BCUT2D eigenvalue weighted by molar-refractivity contribution is -0.212. The summed E-state index contributed by atoms with van der Waals surface area (Å²) in [6, 6.07) is 21.5. The number of ether oxygens (including phenoxy) is 2. The molecule has 3 aliphatic heterocycles. The molecule has 158 valence electrons. The first kappa shape index (κ1) is 19.3. The molecular formula is C26H25BrN2O2. The maximum absolute atomic E-state index is 6.75. The Bertz CT molecular complexity index is 1220. The van der Waals surface area contributed by atoms with Crippen molar-refractivity contribution in [3.8, 4) is 5.75 Å². The van der Waals surface area contributed by atoms with Gasteiger partial charge in [-0.1, -0.05) is 58.4 Å². The molecule has 0 aromatic heterocycles. The van der Waals surface area contributed by atoms with E-state index in [-0.39, 0.29) is 11.6 Å². The quantitative estimate of drug-likeness (QED) is 0.405. The van der Waals surface area contributed by atoms with E-state index in [0.29, 0.717) is 6.61 Å². The predicted molar refractivity (Wildman–Crippen MR) is 126 cm³/mol. The van der Waals surface area contributed by atoms with Gasteiger partial charge in [0.15, 0.2) is 0 Å². The van der Waals surface area contributed by atoms with Gasteiger partial charge in [-0.3, -0.25) is 0 Å². The molecule has 0 bridgehead atoms. The molecule has 5 heteroatoms. The smallest absolute Gasteiger partial charge is 0.203 e. The number of nitrogens with zero attached hydrogens (tertiary/aromatic N) is 2. The first-order chi connectivity index (χ1) is 14.9. The van der Waals surface area contributed by atoms with Gasteiger partial charge in [0.25, 0.3) is 0 Å². The summed E-state index contributed by atoms with van der Waals surface area (Å²) in [5, 5.41) is 10.0. The number of rotatable bonds is 1. The molecule has 6 rings (SSSR count). The summed E-state index contributed by atoms with van der Waals surface area (Å²) >= 11 is 3.65. The van der Waals surface area contributed by atoms with E-state index in [9.17, 15) is 0 Å². The maximum atomic E-state index is 6.75. The van der Waals surface area contributed by atoms with Gasteiger partial charge in [0.05, 0.1) is 24.0 Å². The Morgan fingerprint density at radius 1 is 1.06 bits per heavy atom. The van der Waals surface area contributed by atoms with E-state index in [4.69, 9.17) is 14.6 Å². The van der Waals surface area contributed by atoms with Crippen molar-refractivity contribution in [3.63, 3.8) is 0 Å². The van der Waals surface area contributed by atoms with Crippen LogP contribution in [0.1, 0.15) is 50.3 Å². The van der Waals surface area contributed by atoms with Crippen molar-refractivity contribution in [1.82, 2.24) is 5.01 Å². The van der Waals surface area contributed by atoms with E-state index in [0.717, 1.165) is 35.2 Å². The fraction of sp³-hybridized carbons (Fsp3) is 0.346. The van der Waals surface area contributed by atoms with Crippen molar-refractivity contribution < 1.29 is 9.47 Å². The predicted octanol–water partition coefficient (Wildman–Crippen LogP) is 6.43. The molecule has 0 saturated carbocycles. The Morgan fingerprint density at radius 2 is 1.90 bits per heavy atom. The van der Waals surface area contributed by atoms with Crippen molar-refractivity contribution >= 4 is 32.4 Å². The molecule has 1 fully saturated rings. The Balaban J connectivity index is 1.51. The Morgan fingerprint density at radius 3 is 2.77 bits per heavy atom. The van der Waals surface area contributed by atoms with E-state index >= 15 is 0 Å². The molecule has 1 spiro atoms. The van der Waals surface area contributed by atoms with Crippen LogP contribution in [0.15, 0.2) is 70.2 Å².